The molecule has 12 heavy (non-hydrogen) atoms. The van der Waals surface area contributed by atoms with Crippen molar-refractivity contribution in [2.45, 2.75) is 25.9 Å². The Morgan fingerprint density at radius 1 is 1.67 bits per heavy atom. The lowest BCUT2D eigenvalue weighted by atomic mass is 9.99. The largest absolute Gasteiger partial charge is 0.482 e. The van der Waals surface area contributed by atoms with Gasteiger partial charge in [-0.2, -0.15) is 0 Å². The number of hydrogen-bond donors (Lipinski definition) is 0. The van der Waals surface area contributed by atoms with Gasteiger partial charge in [0.05, 0.1) is 0 Å². The second-order valence-corrected chi connectivity index (χ2v) is 3.63. The second kappa shape index (κ2) is 2.90. The molecule has 0 saturated heterocycles. The molecule has 1 aliphatic rings. The predicted octanol–water partition coefficient (Wildman–Crippen LogP) is 1.40. The van der Waals surface area contributed by atoms with Gasteiger partial charge < -0.3 is 4.74 Å². The van der Waals surface area contributed by atoms with Crippen LogP contribution in [0.25, 0.3) is 0 Å². The maximum atomic E-state index is 11.0. The monoisotopic (exact) mass is 188 g/mol. The first-order valence-corrected chi connectivity index (χ1v) is 3.92. The number of carbonyl (C=O) groups excluding carboxylic acids is 2. The molecule has 0 aromatic heterocycles. The van der Waals surface area contributed by atoms with Gasteiger partial charge in [0.15, 0.2) is 11.5 Å². The molecule has 0 bridgehead atoms. The van der Waals surface area contributed by atoms with Gasteiger partial charge in [-0.05, 0) is 25.4 Å². The van der Waals surface area contributed by atoms with E-state index in [-0.39, 0.29) is 18.0 Å². The molecule has 0 fully saturated rings. The summed E-state index contributed by atoms with van der Waals surface area (Å²) < 4.78 is 5.16. The summed E-state index contributed by atoms with van der Waals surface area (Å²) >= 11 is 5.16. The molecular weight excluding hydrogens is 180 g/mol. The Morgan fingerprint density at radius 3 is 2.67 bits per heavy atom. The highest BCUT2D eigenvalue weighted by atomic mass is 35.5. The fourth-order valence-corrected chi connectivity index (χ4v) is 1.17. The van der Waals surface area contributed by atoms with E-state index in [1.54, 1.807) is 13.8 Å². The van der Waals surface area contributed by atoms with E-state index < -0.39 is 10.8 Å². The van der Waals surface area contributed by atoms with Crippen LogP contribution in [0.3, 0.4) is 0 Å². The van der Waals surface area contributed by atoms with Crippen LogP contribution in [0.15, 0.2) is 11.8 Å². The lowest BCUT2D eigenvalue weighted by Gasteiger charge is -2.28. The van der Waals surface area contributed by atoms with Crippen molar-refractivity contribution in [3.63, 3.8) is 0 Å². The highest BCUT2D eigenvalue weighted by Gasteiger charge is 2.30. The quantitative estimate of drug-likeness (QED) is 0.585. The van der Waals surface area contributed by atoms with Crippen molar-refractivity contribution in [1.82, 2.24) is 0 Å². The molecule has 0 atom stereocenters. The SMILES string of the molecule is CC1(C)CC(=O)C=C(C(=O)Cl)O1. The summed E-state index contributed by atoms with van der Waals surface area (Å²) in [6.45, 7) is 3.47. The van der Waals surface area contributed by atoms with Crippen LogP contribution in [0.2, 0.25) is 0 Å². The zero-order valence-electron chi connectivity index (χ0n) is 6.89. The molecule has 4 heteroatoms. The van der Waals surface area contributed by atoms with Gasteiger partial charge in [-0.25, -0.2) is 0 Å². The highest BCUT2D eigenvalue weighted by molar-refractivity contribution is 6.67. The summed E-state index contributed by atoms with van der Waals surface area (Å²) in [7, 11) is 0. The summed E-state index contributed by atoms with van der Waals surface area (Å²) in [6.07, 6.45) is 1.42. The molecule has 0 radical (unpaired) electrons. The summed E-state index contributed by atoms with van der Waals surface area (Å²) in [6, 6.07) is 0. The molecule has 0 amide bonds. The third-order valence-corrected chi connectivity index (χ3v) is 1.66. The zero-order valence-corrected chi connectivity index (χ0v) is 7.64. The van der Waals surface area contributed by atoms with Gasteiger partial charge in [0.2, 0.25) is 0 Å². The standard InChI is InChI=1S/C8H9ClO3/c1-8(2)4-5(10)3-6(12-8)7(9)11/h3H,4H2,1-2H3. The van der Waals surface area contributed by atoms with E-state index in [1.165, 1.54) is 0 Å². The lowest BCUT2D eigenvalue weighted by molar-refractivity contribution is -0.126. The maximum Gasteiger partial charge on any atom is 0.287 e. The molecule has 3 nitrogen and oxygen atoms in total. The Morgan fingerprint density at radius 2 is 2.25 bits per heavy atom. The molecule has 1 aliphatic heterocycles. The molecule has 0 spiro atoms. The molecule has 1 rings (SSSR count). The van der Waals surface area contributed by atoms with Gasteiger partial charge in [0.1, 0.15) is 5.60 Å². The molecule has 0 saturated carbocycles. The van der Waals surface area contributed by atoms with Crippen molar-refractivity contribution < 1.29 is 14.3 Å². The molecule has 0 aromatic carbocycles. The van der Waals surface area contributed by atoms with E-state index in [2.05, 4.69) is 0 Å². The van der Waals surface area contributed by atoms with Crippen LogP contribution in [-0.2, 0) is 14.3 Å². The highest BCUT2D eigenvalue weighted by Crippen LogP contribution is 2.25. The second-order valence-electron chi connectivity index (χ2n) is 3.29. The first kappa shape index (κ1) is 9.26. The minimum atomic E-state index is -0.726. The Hall–Kier alpha value is -0.830. The van der Waals surface area contributed by atoms with Crippen molar-refractivity contribution in [2.24, 2.45) is 0 Å². The van der Waals surface area contributed by atoms with Crippen LogP contribution in [0.4, 0.5) is 0 Å². The predicted molar refractivity (Wildman–Crippen MR) is 43.7 cm³/mol. The minimum Gasteiger partial charge on any atom is -0.482 e. The number of carbonyl (C=O) groups is 2. The Balaban J connectivity index is 2.91. The van der Waals surface area contributed by atoms with Gasteiger partial charge in [-0.1, -0.05) is 0 Å². The van der Waals surface area contributed by atoms with E-state index in [0.717, 1.165) is 6.08 Å². The molecule has 66 valence electrons. The van der Waals surface area contributed by atoms with Crippen molar-refractivity contribution in [3.05, 3.63) is 11.8 Å². The van der Waals surface area contributed by atoms with Crippen LogP contribution < -0.4 is 0 Å². The van der Waals surface area contributed by atoms with E-state index in [9.17, 15) is 9.59 Å². The number of ketones is 1. The average molecular weight is 189 g/mol. The van der Waals surface area contributed by atoms with Crippen molar-refractivity contribution >= 4 is 22.6 Å². The Kier molecular flexibility index (Phi) is 2.24. The van der Waals surface area contributed by atoms with Gasteiger partial charge in [-0.3, -0.25) is 9.59 Å². The number of hydrogen-bond acceptors (Lipinski definition) is 3. The van der Waals surface area contributed by atoms with Crippen LogP contribution >= 0.6 is 11.6 Å². The first-order chi connectivity index (χ1) is 5.41. The molecular formula is C8H9ClO3. The average Bonchev–Trinajstić information content (AvgIpc) is 1.82. The maximum absolute atomic E-state index is 11.0. The van der Waals surface area contributed by atoms with Crippen molar-refractivity contribution in [2.75, 3.05) is 0 Å². The third kappa shape index (κ3) is 2.08. The fraction of sp³-hybridized carbons (Fsp3) is 0.500. The third-order valence-electron chi connectivity index (χ3n) is 1.47. The van der Waals surface area contributed by atoms with Crippen LogP contribution in [0.1, 0.15) is 20.3 Å². The summed E-state index contributed by atoms with van der Waals surface area (Å²) in [5, 5.41) is -0.726. The van der Waals surface area contributed by atoms with Crippen LogP contribution in [-0.4, -0.2) is 16.6 Å². The number of halogens is 1. The van der Waals surface area contributed by atoms with E-state index in [1.807, 2.05) is 0 Å². The molecule has 0 aliphatic carbocycles. The topological polar surface area (TPSA) is 43.4 Å². The molecule has 0 N–H and O–H groups in total. The molecule has 1 heterocycles. The van der Waals surface area contributed by atoms with Gasteiger partial charge in [0.25, 0.3) is 5.24 Å². The molecule has 0 unspecified atom stereocenters. The first-order valence-electron chi connectivity index (χ1n) is 3.54. The fourth-order valence-electron chi connectivity index (χ4n) is 1.08. The zero-order chi connectivity index (χ0) is 9.35. The van der Waals surface area contributed by atoms with Crippen LogP contribution in [0.5, 0.6) is 0 Å². The number of ether oxygens (including phenoxy) is 1. The van der Waals surface area contributed by atoms with Crippen molar-refractivity contribution in [1.29, 1.82) is 0 Å². The van der Waals surface area contributed by atoms with E-state index in [0.29, 0.717) is 0 Å². The van der Waals surface area contributed by atoms with Gasteiger partial charge in [-0.15, -0.1) is 0 Å². The normalized spacial score (nSPS) is 21.2. The Bertz CT molecular complexity index is 265. The number of allylic oxidation sites excluding steroid dienone is 2. The summed E-state index contributed by atoms with van der Waals surface area (Å²) in [5.41, 5.74) is -0.619. The molecule has 0 aromatic rings. The minimum absolute atomic E-state index is 0.0575. The summed E-state index contributed by atoms with van der Waals surface area (Å²) in [5.74, 6) is -0.187. The Labute approximate surface area is 75.3 Å². The van der Waals surface area contributed by atoms with E-state index in [4.69, 9.17) is 16.3 Å². The number of rotatable bonds is 1. The summed E-state index contributed by atoms with van der Waals surface area (Å²) in [4.78, 5) is 21.7. The van der Waals surface area contributed by atoms with Gasteiger partial charge in [0, 0.05) is 12.5 Å². The van der Waals surface area contributed by atoms with E-state index >= 15 is 0 Å². The lowest BCUT2D eigenvalue weighted by Crippen LogP contribution is -2.32. The smallest absolute Gasteiger partial charge is 0.287 e. The van der Waals surface area contributed by atoms with Crippen LogP contribution in [0, 0.1) is 0 Å². The van der Waals surface area contributed by atoms with Gasteiger partial charge >= 0.3 is 0 Å². The van der Waals surface area contributed by atoms with Crippen molar-refractivity contribution in [3.8, 4) is 0 Å².